The van der Waals surface area contributed by atoms with E-state index < -0.39 is 0 Å². The zero-order chi connectivity index (χ0) is 20.1. The number of hydrogen-bond acceptors (Lipinski definition) is 4. The number of rotatable bonds is 13. The fourth-order valence-electron chi connectivity index (χ4n) is 3.58. The van der Waals surface area contributed by atoms with Crippen LogP contribution in [0, 0.1) is 0 Å². The van der Waals surface area contributed by atoms with Gasteiger partial charge in [0.05, 0.1) is 33.5 Å². The van der Waals surface area contributed by atoms with E-state index >= 15 is 0 Å². The van der Waals surface area contributed by atoms with Crippen LogP contribution < -0.4 is 0 Å². The van der Waals surface area contributed by atoms with Gasteiger partial charge in [-0.3, -0.25) is 4.79 Å². The Morgan fingerprint density at radius 2 is 1.82 bits per heavy atom. The zero-order valence-electron chi connectivity index (χ0n) is 17.7. The lowest BCUT2D eigenvalue weighted by Crippen LogP contribution is -2.56. The van der Waals surface area contributed by atoms with Crippen LogP contribution in [0.3, 0.4) is 0 Å². The van der Waals surface area contributed by atoms with Crippen LogP contribution in [-0.2, 0) is 25.6 Å². The highest BCUT2D eigenvalue weighted by Gasteiger charge is 2.31. The van der Waals surface area contributed by atoms with Crippen molar-refractivity contribution in [1.29, 1.82) is 0 Å². The van der Waals surface area contributed by atoms with Crippen molar-refractivity contribution in [1.82, 2.24) is 0 Å². The molecular weight excluding hydrogens is 354 g/mol. The summed E-state index contributed by atoms with van der Waals surface area (Å²) in [5, 5.41) is 0. The second-order valence-electron chi connectivity index (χ2n) is 8.14. The number of hydrogen-bond donors (Lipinski definition) is 0. The van der Waals surface area contributed by atoms with Gasteiger partial charge in [-0.2, -0.15) is 0 Å². The van der Waals surface area contributed by atoms with E-state index in [0.29, 0.717) is 19.6 Å². The highest BCUT2D eigenvalue weighted by atomic mass is 16.6. The SMILES string of the molecule is CCCCCCCC(=O)OC(COCc1ccccc1)C[N+]1(C)CCOCC1. The first-order valence-corrected chi connectivity index (χ1v) is 10.8. The number of benzene rings is 1. The summed E-state index contributed by atoms with van der Waals surface area (Å²) >= 11 is 0. The third kappa shape index (κ3) is 9.18. The second kappa shape index (κ2) is 12.9. The summed E-state index contributed by atoms with van der Waals surface area (Å²) in [6.07, 6.45) is 5.96. The van der Waals surface area contributed by atoms with Crippen molar-refractivity contribution >= 4 is 5.97 Å². The second-order valence-corrected chi connectivity index (χ2v) is 8.14. The van der Waals surface area contributed by atoms with E-state index in [0.717, 1.165) is 55.7 Å². The van der Waals surface area contributed by atoms with Crippen LogP contribution in [0.4, 0.5) is 0 Å². The molecule has 1 unspecified atom stereocenters. The van der Waals surface area contributed by atoms with Crippen molar-refractivity contribution in [3.05, 3.63) is 35.9 Å². The molecule has 2 rings (SSSR count). The molecule has 0 N–H and O–H groups in total. The van der Waals surface area contributed by atoms with Crippen molar-refractivity contribution in [2.24, 2.45) is 0 Å². The molecule has 0 amide bonds. The van der Waals surface area contributed by atoms with Crippen LogP contribution in [-0.4, -0.2) is 63.1 Å². The molecule has 0 aromatic heterocycles. The number of morpholine rings is 1. The molecule has 0 radical (unpaired) electrons. The van der Waals surface area contributed by atoms with Crippen LogP contribution >= 0.6 is 0 Å². The van der Waals surface area contributed by atoms with Crippen LogP contribution in [0.25, 0.3) is 0 Å². The van der Waals surface area contributed by atoms with Gasteiger partial charge >= 0.3 is 5.97 Å². The van der Waals surface area contributed by atoms with E-state index in [2.05, 4.69) is 14.0 Å². The minimum absolute atomic E-state index is 0.0929. The lowest BCUT2D eigenvalue weighted by molar-refractivity contribution is -0.919. The van der Waals surface area contributed by atoms with Crippen molar-refractivity contribution in [2.75, 3.05) is 46.5 Å². The molecule has 0 aliphatic carbocycles. The Morgan fingerprint density at radius 1 is 1.11 bits per heavy atom. The Labute approximate surface area is 170 Å². The first-order chi connectivity index (χ1) is 13.6. The topological polar surface area (TPSA) is 44.8 Å². The molecule has 1 aromatic carbocycles. The lowest BCUT2D eigenvalue weighted by Gasteiger charge is -2.39. The number of nitrogens with zero attached hydrogens (tertiary/aromatic N) is 1. The largest absolute Gasteiger partial charge is 0.454 e. The van der Waals surface area contributed by atoms with Crippen molar-refractivity contribution in [3.8, 4) is 0 Å². The monoisotopic (exact) mass is 392 g/mol. The third-order valence-corrected chi connectivity index (χ3v) is 5.39. The molecule has 5 nitrogen and oxygen atoms in total. The minimum Gasteiger partial charge on any atom is -0.454 e. The summed E-state index contributed by atoms with van der Waals surface area (Å²) < 4.78 is 18.1. The van der Waals surface area contributed by atoms with Gasteiger partial charge < -0.3 is 18.7 Å². The van der Waals surface area contributed by atoms with E-state index in [-0.39, 0.29) is 12.1 Å². The highest BCUT2D eigenvalue weighted by Crippen LogP contribution is 2.13. The zero-order valence-corrected chi connectivity index (χ0v) is 17.7. The Balaban J connectivity index is 1.81. The van der Waals surface area contributed by atoms with E-state index in [9.17, 15) is 4.79 Å². The number of esters is 1. The van der Waals surface area contributed by atoms with Crippen LogP contribution in [0.2, 0.25) is 0 Å². The average Bonchev–Trinajstić information content (AvgIpc) is 2.69. The van der Waals surface area contributed by atoms with Gasteiger partial charge in [-0.15, -0.1) is 0 Å². The number of unbranched alkanes of at least 4 members (excludes halogenated alkanes) is 4. The molecule has 28 heavy (non-hydrogen) atoms. The smallest absolute Gasteiger partial charge is 0.306 e. The molecule has 1 aliphatic heterocycles. The highest BCUT2D eigenvalue weighted by molar-refractivity contribution is 5.69. The van der Waals surface area contributed by atoms with Gasteiger partial charge in [0.25, 0.3) is 0 Å². The van der Waals surface area contributed by atoms with Crippen molar-refractivity contribution in [3.63, 3.8) is 0 Å². The maximum atomic E-state index is 12.4. The summed E-state index contributed by atoms with van der Waals surface area (Å²) in [5.74, 6) is -0.0929. The minimum atomic E-state index is -0.213. The van der Waals surface area contributed by atoms with E-state index in [1.54, 1.807) is 0 Å². The Kier molecular flexibility index (Phi) is 10.5. The number of carbonyl (C=O) groups excluding carboxylic acids is 1. The molecule has 1 aromatic rings. The number of quaternary nitrogens is 1. The van der Waals surface area contributed by atoms with Gasteiger partial charge in [0.15, 0.2) is 6.10 Å². The number of likely N-dealkylation sites (N-methyl/N-ethyl adjacent to an activating group) is 1. The fraction of sp³-hybridized carbons (Fsp3) is 0.696. The summed E-state index contributed by atoms with van der Waals surface area (Å²) in [4.78, 5) is 12.4. The molecule has 0 bridgehead atoms. The molecule has 1 fully saturated rings. The maximum absolute atomic E-state index is 12.4. The van der Waals surface area contributed by atoms with Crippen molar-refractivity contribution in [2.45, 2.75) is 58.2 Å². The summed E-state index contributed by atoms with van der Waals surface area (Å²) in [5.41, 5.74) is 1.13. The summed E-state index contributed by atoms with van der Waals surface area (Å²) in [7, 11) is 2.21. The molecule has 1 aliphatic rings. The van der Waals surface area contributed by atoms with Crippen molar-refractivity contribution < 1.29 is 23.5 Å². The Bertz CT molecular complexity index is 543. The third-order valence-electron chi connectivity index (χ3n) is 5.39. The molecule has 1 atom stereocenters. The van der Waals surface area contributed by atoms with E-state index in [1.807, 2.05) is 30.3 Å². The predicted octanol–water partition coefficient (Wildman–Crippen LogP) is 3.95. The van der Waals surface area contributed by atoms with Crippen LogP contribution in [0.15, 0.2) is 30.3 Å². The average molecular weight is 393 g/mol. The van der Waals surface area contributed by atoms with Gasteiger partial charge in [-0.05, 0) is 12.0 Å². The van der Waals surface area contributed by atoms with Gasteiger partial charge in [-0.1, -0.05) is 62.9 Å². The molecule has 1 saturated heterocycles. The molecule has 0 spiro atoms. The summed E-state index contributed by atoms with van der Waals surface area (Å²) in [6.45, 7) is 7.37. The first-order valence-electron chi connectivity index (χ1n) is 10.8. The Morgan fingerprint density at radius 3 is 2.54 bits per heavy atom. The van der Waals surface area contributed by atoms with E-state index in [4.69, 9.17) is 14.2 Å². The molecule has 158 valence electrons. The predicted molar refractivity (Wildman–Crippen MR) is 111 cm³/mol. The van der Waals surface area contributed by atoms with E-state index in [1.165, 1.54) is 19.3 Å². The molecule has 1 heterocycles. The van der Waals surface area contributed by atoms with Gasteiger partial charge in [0.2, 0.25) is 0 Å². The normalized spacial score (nSPS) is 17.2. The molecular formula is C23H38NO4+. The number of ether oxygens (including phenoxy) is 3. The standard InChI is InChI=1S/C23H38NO4/c1-3-4-5-6-10-13-23(25)28-22(18-24(2)14-16-26-17-15-24)20-27-19-21-11-8-7-9-12-21/h7-9,11-12,22H,3-6,10,13-20H2,1-2H3/q+1. The maximum Gasteiger partial charge on any atom is 0.306 e. The Hall–Kier alpha value is -1.43. The van der Waals surface area contributed by atoms with Crippen LogP contribution in [0.1, 0.15) is 51.0 Å². The number of carbonyl (C=O) groups is 1. The molecule has 0 saturated carbocycles. The quantitative estimate of drug-likeness (QED) is 0.290. The summed E-state index contributed by atoms with van der Waals surface area (Å²) in [6, 6.07) is 10.1. The first kappa shape index (κ1) is 22.9. The fourth-order valence-corrected chi connectivity index (χ4v) is 3.58. The van der Waals surface area contributed by atoms with Gasteiger partial charge in [-0.25, -0.2) is 0 Å². The van der Waals surface area contributed by atoms with Crippen LogP contribution in [0.5, 0.6) is 0 Å². The van der Waals surface area contributed by atoms with Gasteiger partial charge in [0, 0.05) is 6.42 Å². The molecule has 5 heteroatoms. The lowest BCUT2D eigenvalue weighted by atomic mass is 10.1. The van der Waals surface area contributed by atoms with Gasteiger partial charge in [0.1, 0.15) is 19.6 Å².